The molecule has 0 radical (unpaired) electrons. The number of benzene rings is 1. The van der Waals surface area contributed by atoms with E-state index in [-0.39, 0.29) is 12.5 Å². The fourth-order valence-electron chi connectivity index (χ4n) is 4.40. The maximum atomic E-state index is 12.4. The summed E-state index contributed by atoms with van der Waals surface area (Å²) in [5.74, 6) is 0.0766. The summed E-state index contributed by atoms with van der Waals surface area (Å²) in [6.07, 6.45) is 3.63. The number of carbonyl (C=O) groups is 2. The van der Waals surface area contributed by atoms with Crippen molar-refractivity contribution in [2.24, 2.45) is 17.8 Å². The number of nitrogens with zero attached hydrogens (tertiary/aromatic N) is 1. The van der Waals surface area contributed by atoms with E-state index in [0.29, 0.717) is 18.4 Å². The van der Waals surface area contributed by atoms with Crippen LogP contribution in [-0.4, -0.2) is 34.7 Å². The molecule has 2 unspecified atom stereocenters. The minimum atomic E-state index is -0.909. The summed E-state index contributed by atoms with van der Waals surface area (Å²) >= 11 is 0. The van der Waals surface area contributed by atoms with E-state index < -0.39 is 18.1 Å². The molecule has 4 atom stereocenters. The highest BCUT2D eigenvalue weighted by molar-refractivity contribution is 5.81. The molecule has 1 saturated heterocycles. The van der Waals surface area contributed by atoms with Gasteiger partial charge in [0.25, 0.3) is 0 Å². The summed E-state index contributed by atoms with van der Waals surface area (Å²) in [6, 6.07) is 8.69. The molecule has 0 bridgehead atoms. The number of rotatable bonds is 4. The molecule has 2 fully saturated rings. The predicted molar refractivity (Wildman–Crippen MR) is 89.4 cm³/mol. The molecule has 1 aromatic carbocycles. The zero-order valence-electron chi connectivity index (χ0n) is 14.1. The summed E-state index contributed by atoms with van der Waals surface area (Å²) in [4.78, 5) is 25.6. The van der Waals surface area contributed by atoms with Crippen LogP contribution in [0.4, 0.5) is 4.79 Å². The van der Waals surface area contributed by atoms with Crippen LogP contribution in [0.15, 0.2) is 30.3 Å². The van der Waals surface area contributed by atoms with Crippen LogP contribution in [0, 0.1) is 17.8 Å². The Bertz CT molecular complexity index is 588. The molecule has 1 amide bonds. The Morgan fingerprint density at radius 1 is 1.17 bits per heavy atom. The molecule has 1 N–H and O–H groups in total. The largest absolute Gasteiger partial charge is 0.480 e. The Balaban J connectivity index is 1.66. The minimum absolute atomic E-state index is 0.0456. The summed E-state index contributed by atoms with van der Waals surface area (Å²) in [5.41, 5.74) is 0.901. The van der Waals surface area contributed by atoms with Crippen molar-refractivity contribution < 1.29 is 19.4 Å². The van der Waals surface area contributed by atoms with Crippen molar-refractivity contribution in [3.63, 3.8) is 0 Å². The van der Waals surface area contributed by atoms with Gasteiger partial charge in [0.1, 0.15) is 12.6 Å². The Kier molecular flexibility index (Phi) is 5.07. The average Bonchev–Trinajstić information content (AvgIpc) is 3.19. The lowest BCUT2D eigenvalue weighted by Crippen LogP contribution is -2.45. The molecule has 1 aliphatic heterocycles. The van der Waals surface area contributed by atoms with Crippen LogP contribution >= 0.6 is 0 Å². The van der Waals surface area contributed by atoms with E-state index in [0.717, 1.165) is 31.2 Å². The number of carboxylic acids is 1. The third-order valence-corrected chi connectivity index (χ3v) is 5.62. The summed E-state index contributed by atoms with van der Waals surface area (Å²) < 4.78 is 5.35. The molecule has 0 aromatic heterocycles. The van der Waals surface area contributed by atoms with Crippen LogP contribution in [0.3, 0.4) is 0 Å². The molecule has 5 heteroatoms. The summed E-state index contributed by atoms with van der Waals surface area (Å²) in [7, 11) is 0. The summed E-state index contributed by atoms with van der Waals surface area (Å²) in [6.45, 7) is 2.85. The second-order valence-corrected chi connectivity index (χ2v) is 7.04. The van der Waals surface area contributed by atoms with Gasteiger partial charge in [0.15, 0.2) is 0 Å². The van der Waals surface area contributed by atoms with Crippen molar-refractivity contribution in [1.29, 1.82) is 0 Å². The highest BCUT2D eigenvalue weighted by atomic mass is 16.6. The molecule has 1 saturated carbocycles. The molecular formula is C19H25NO4. The van der Waals surface area contributed by atoms with Crippen molar-refractivity contribution >= 4 is 12.1 Å². The SMILES string of the molecule is C[C@H]1CCCC1C1CCN(C(=O)OCc2ccccc2)[C@@H]1C(=O)O. The Morgan fingerprint density at radius 2 is 1.92 bits per heavy atom. The highest BCUT2D eigenvalue weighted by Crippen LogP contribution is 2.43. The molecular weight excluding hydrogens is 306 g/mol. The van der Waals surface area contributed by atoms with E-state index in [9.17, 15) is 14.7 Å². The van der Waals surface area contributed by atoms with Gasteiger partial charge in [-0.2, -0.15) is 0 Å². The number of hydrogen-bond donors (Lipinski definition) is 1. The summed E-state index contributed by atoms with van der Waals surface area (Å²) in [5, 5.41) is 9.69. The highest BCUT2D eigenvalue weighted by Gasteiger charge is 2.47. The smallest absolute Gasteiger partial charge is 0.410 e. The number of hydrogen-bond acceptors (Lipinski definition) is 3. The van der Waals surface area contributed by atoms with E-state index in [4.69, 9.17) is 4.74 Å². The van der Waals surface area contributed by atoms with Gasteiger partial charge >= 0.3 is 12.1 Å². The van der Waals surface area contributed by atoms with E-state index in [2.05, 4.69) is 6.92 Å². The van der Waals surface area contributed by atoms with Gasteiger partial charge in [-0.3, -0.25) is 4.90 Å². The zero-order valence-corrected chi connectivity index (χ0v) is 14.1. The maximum absolute atomic E-state index is 12.4. The van der Waals surface area contributed by atoms with Crippen LogP contribution < -0.4 is 0 Å². The first-order valence-electron chi connectivity index (χ1n) is 8.78. The Hall–Kier alpha value is -2.04. The van der Waals surface area contributed by atoms with Gasteiger partial charge in [-0.15, -0.1) is 0 Å². The molecule has 1 aromatic rings. The minimum Gasteiger partial charge on any atom is -0.480 e. The monoisotopic (exact) mass is 331 g/mol. The second-order valence-electron chi connectivity index (χ2n) is 7.04. The first-order valence-corrected chi connectivity index (χ1v) is 8.78. The van der Waals surface area contributed by atoms with Crippen molar-refractivity contribution in [3.8, 4) is 0 Å². The third-order valence-electron chi connectivity index (χ3n) is 5.62. The van der Waals surface area contributed by atoms with Gasteiger partial charge in [0, 0.05) is 6.54 Å². The number of likely N-dealkylation sites (tertiary alicyclic amines) is 1. The van der Waals surface area contributed by atoms with E-state index in [1.807, 2.05) is 30.3 Å². The van der Waals surface area contributed by atoms with Gasteiger partial charge in [-0.25, -0.2) is 9.59 Å². The molecule has 2 aliphatic rings. The van der Waals surface area contributed by atoms with Crippen LogP contribution in [0.25, 0.3) is 0 Å². The molecule has 130 valence electrons. The maximum Gasteiger partial charge on any atom is 0.410 e. The fraction of sp³-hybridized carbons (Fsp3) is 0.579. The molecule has 24 heavy (non-hydrogen) atoms. The predicted octanol–water partition coefficient (Wildman–Crippen LogP) is 3.53. The topological polar surface area (TPSA) is 66.8 Å². The van der Waals surface area contributed by atoms with Crippen molar-refractivity contribution in [2.75, 3.05) is 6.54 Å². The van der Waals surface area contributed by atoms with Crippen LogP contribution in [0.1, 0.15) is 38.2 Å². The number of carboxylic acid groups (broad SMARTS) is 1. The van der Waals surface area contributed by atoms with Gasteiger partial charge < -0.3 is 9.84 Å². The quantitative estimate of drug-likeness (QED) is 0.916. The molecule has 3 rings (SSSR count). The number of carbonyl (C=O) groups excluding carboxylic acids is 1. The van der Waals surface area contributed by atoms with Gasteiger partial charge in [-0.05, 0) is 36.2 Å². The third kappa shape index (κ3) is 3.40. The molecule has 1 aliphatic carbocycles. The Labute approximate surface area is 142 Å². The van der Waals surface area contributed by atoms with Crippen molar-refractivity contribution in [1.82, 2.24) is 4.90 Å². The normalized spacial score (nSPS) is 29.6. The zero-order chi connectivity index (χ0) is 17.1. The first kappa shape index (κ1) is 16.8. The van der Waals surface area contributed by atoms with E-state index >= 15 is 0 Å². The van der Waals surface area contributed by atoms with Crippen LogP contribution in [0.2, 0.25) is 0 Å². The number of ether oxygens (including phenoxy) is 1. The fourth-order valence-corrected chi connectivity index (χ4v) is 4.40. The lowest BCUT2D eigenvalue weighted by molar-refractivity contribution is -0.143. The Morgan fingerprint density at radius 3 is 2.54 bits per heavy atom. The second kappa shape index (κ2) is 7.24. The first-order chi connectivity index (χ1) is 11.6. The lowest BCUT2D eigenvalue weighted by Gasteiger charge is -2.29. The molecule has 0 spiro atoms. The number of aliphatic carboxylic acids is 1. The molecule has 5 nitrogen and oxygen atoms in total. The van der Waals surface area contributed by atoms with Crippen molar-refractivity contribution in [2.45, 2.75) is 45.3 Å². The lowest BCUT2D eigenvalue weighted by atomic mass is 9.80. The van der Waals surface area contributed by atoms with Crippen LogP contribution in [-0.2, 0) is 16.1 Å². The average molecular weight is 331 g/mol. The van der Waals surface area contributed by atoms with Gasteiger partial charge in [-0.1, -0.05) is 50.1 Å². The van der Waals surface area contributed by atoms with Crippen molar-refractivity contribution in [3.05, 3.63) is 35.9 Å². The van der Waals surface area contributed by atoms with E-state index in [1.165, 1.54) is 4.90 Å². The van der Waals surface area contributed by atoms with Gasteiger partial charge in [0.05, 0.1) is 0 Å². The number of amides is 1. The van der Waals surface area contributed by atoms with Gasteiger partial charge in [0.2, 0.25) is 0 Å². The molecule has 1 heterocycles. The van der Waals surface area contributed by atoms with E-state index in [1.54, 1.807) is 0 Å². The van der Waals surface area contributed by atoms with Crippen LogP contribution in [0.5, 0.6) is 0 Å². The standard InChI is InChI=1S/C19H25NO4/c1-13-6-5-9-15(13)16-10-11-20(17(16)18(21)22)19(23)24-12-14-7-3-2-4-8-14/h2-4,7-8,13,15-17H,5-6,9-12H2,1H3,(H,21,22)/t13-,15?,16?,17-/m0/s1.